The maximum Gasteiger partial charge on any atom is 0.284 e. The van der Waals surface area contributed by atoms with Crippen LogP contribution in [0.15, 0.2) is 57.8 Å². The standard InChI is InChI=1S/C16H17ClN2O2S/c1-12-4-10-15(11-5-12)22(20,21)18-16(19(2)3)13-6-8-14(17)9-7-13/h4-11H,1-3H3/b18-16+. The van der Waals surface area contributed by atoms with E-state index in [0.29, 0.717) is 16.4 Å². The van der Waals surface area contributed by atoms with Crippen molar-refractivity contribution >= 4 is 27.5 Å². The lowest BCUT2D eigenvalue weighted by Gasteiger charge is -2.16. The summed E-state index contributed by atoms with van der Waals surface area (Å²) >= 11 is 5.87. The van der Waals surface area contributed by atoms with Crippen molar-refractivity contribution in [3.05, 3.63) is 64.7 Å². The van der Waals surface area contributed by atoms with E-state index in [2.05, 4.69) is 4.40 Å². The second-order valence-corrected chi connectivity index (χ2v) is 7.14. The van der Waals surface area contributed by atoms with Crippen LogP contribution in [0.25, 0.3) is 0 Å². The van der Waals surface area contributed by atoms with Gasteiger partial charge in [-0.1, -0.05) is 29.3 Å². The highest BCUT2D eigenvalue weighted by Gasteiger charge is 2.16. The Morgan fingerprint density at radius 3 is 2.05 bits per heavy atom. The van der Waals surface area contributed by atoms with Crippen LogP contribution >= 0.6 is 11.6 Å². The Morgan fingerprint density at radius 2 is 1.55 bits per heavy atom. The maximum absolute atomic E-state index is 12.5. The molecule has 0 unspecified atom stereocenters. The quantitative estimate of drug-likeness (QED) is 0.638. The van der Waals surface area contributed by atoms with E-state index in [1.165, 1.54) is 0 Å². The maximum atomic E-state index is 12.5. The van der Waals surface area contributed by atoms with Crippen LogP contribution in [0.5, 0.6) is 0 Å². The number of sulfonamides is 1. The summed E-state index contributed by atoms with van der Waals surface area (Å²) in [7, 11) is -0.270. The summed E-state index contributed by atoms with van der Waals surface area (Å²) in [5.41, 5.74) is 1.68. The molecule has 4 nitrogen and oxygen atoms in total. The molecule has 0 amide bonds. The molecular weight excluding hydrogens is 320 g/mol. The Morgan fingerprint density at radius 1 is 1.00 bits per heavy atom. The monoisotopic (exact) mass is 336 g/mol. The van der Waals surface area contributed by atoms with E-state index in [0.717, 1.165) is 5.56 Å². The topological polar surface area (TPSA) is 49.7 Å². The van der Waals surface area contributed by atoms with Gasteiger partial charge in [-0.05, 0) is 43.3 Å². The Hall–Kier alpha value is -1.85. The van der Waals surface area contributed by atoms with Gasteiger partial charge in [0.05, 0.1) is 4.90 Å². The molecule has 0 aliphatic heterocycles. The molecule has 0 N–H and O–H groups in total. The fourth-order valence-corrected chi connectivity index (χ4v) is 3.08. The van der Waals surface area contributed by atoms with Gasteiger partial charge in [0.15, 0.2) is 0 Å². The Balaban J connectivity index is 2.49. The second-order valence-electron chi connectivity index (χ2n) is 5.10. The molecule has 0 saturated carbocycles. The zero-order valence-electron chi connectivity index (χ0n) is 12.6. The van der Waals surface area contributed by atoms with E-state index in [4.69, 9.17) is 11.6 Å². The smallest absolute Gasteiger partial charge is 0.284 e. The van der Waals surface area contributed by atoms with Crippen molar-refractivity contribution in [1.29, 1.82) is 0 Å². The largest absolute Gasteiger partial charge is 0.362 e. The molecule has 2 rings (SSSR count). The molecule has 0 fully saturated rings. The minimum atomic E-state index is -3.77. The first-order chi connectivity index (χ1) is 10.3. The lowest BCUT2D eigenvalue weighted by atomic mass is 10.2. The third-order valence-corrected chi connectivity index (χ3v) is 4.58. The van der Waals surface area contributed by atoms with Gasteiger partial charge in [-0.2, -0.15) is 8.42 Å². The molecule has 2 aromatic carbocycles. The summed E-state index contributed by atoms with van der Waals surface area (Å²) in [6.07, 6.45) is 0. The molecule has 0 bridgehead atoms. The van der Waals surface area contributed by atoms with Crippen molar-refractivity contribution in [2.75, 3.05) is 14.1 Å². The number of aryl methyl sites for hydroxylation is 1. The number of hydrogen-bond donors (Lipinski definition) is 0. The molecule has 0 aromatic heterocycles. The Labute approximate surface area is 136 Å². The molecule has 116 valence electrons. The van der Waals surface area contributed by atoms with Crippen molar-refractivity contribution in [3.63, 3.8) is 0 Å². The summed E-state index contributed by atoms with van der Waals surface area (Å²) in [4.78, 5) is 1.83. The first kappa shape index (κ1) is 16.5. The van der Waals surface area contributed by atoms with Gasteiger partial charge in [-0.3, -0.25) is 0 Å². The molecule has 0 atom stereocenters. The van der Waals surface area contributed by atoms with E-state index >= 15 is 0 Å². The fourth-order valence-electron chi connectivity index (χ4n) is 1.87. The lowest BCUT2D eigenvalue weighted by molar-refractivity contribution is 0.592. The third-order valence-electron chi connectivity index (χ3n) is 3.05. The summed E-state index contributed by atoms with van der Waals surface area (Å²) in [6.45, 7) is 1.90. The molecule has 6 heteroatoms. The number of nitrogens with zero attached hydrogens (tertiary/aromatic N) is 2. The number of amidine groups is 1. The van der Waals surface area contributed by atoms with E-state index in [-0.39, 0.29) is 4.90 Å². The van der Waals surface area contributed by atoms with E-state index in [1.54, 1.807) is 67.5 Å². The minimum absolute atomic E-state index is 0.173. The molecule has 2 aromatic rings. The van der Waals surface area contributed by atoms with E-state index in [1.807, 2.05) is 6.92 Å². The molecule has 22 heavy (non-hydrogen) atoms. The predicted molar refractivity (Wildman–Crippen MR) is 90.0 cm³/mol. The van der Waals surface area contributed by atoms with Crippen LogP contribution in [0.1, 0.15) is 11.1 Å². The number of benzene rings is 2. The molecule has 0 saturated heterocycles. The van der Waals surface area contributed by atoms with Crippen LogP contribution in [0.3, 0.4) is 0 Å². The van der Waals surface area contributed by atoms with Gasteiger partial charge in [-0.25, -0.2) is 0 Å². The fraction of sp³-hybridized carbons (Fsp3) is 0.188. The van der Waals surface area contributed by atoms with E-state index < -0.39 is 10.0 Å². The Bertz CT molecular complexity index is 780. The lowest BCUT2D eigenvalue weighted by Crippen LogP contribution is -2.24. The van der Waals surface area contributed by atoms with Crippen molar-refractivity contribution in [3.8, 4) is 0 Å². The van der Waals surface area contributed by atoms with Gasteiger partial charge in [0.25, 0.3) is 10.0 Å². The number of hydrogen-bond acceptors (Lipinski definition) is 2. The van der Waals surface area contributed by atoms with Crippen molar-refractivity contribution in [2.24, 2.45) is 4.40 Å². The van der Waals surface area contributed by atoms with Gasteiger partial charge in [0.1, 0.15) is 5.84 Å². The van der Waals surface area contributed by atoms with Crippen molar-refractivity contribution < 1.29 is 8.42 Å². The predicted octanol–water partition coefficient (Wildman–Crippen LogP) is 3.35. The van der Waals surface area contributed by atoms with Crippen molar-refractivity contribution in [1.82, 2.24) is 4.90 Å². The highest BCUT2D eigenvalue weighted by Crippen LogP contribution is 2.17. The highest BCUT2D eigenvalue weighted by molar-refractivity contribution is 7.90. The van der Waals surface area contributed by atoms with Gasteiger partial charge in [-0.15, -0.1) is 4.40 Å². The third kappa shape index (κ3) is 3.87. The summed E-state index contributed by atoms with van der Waals surface area (Å²) in [5.74, 6) is 0.359. The van der Waals surface area contributed by atoms with Gasteiger partial charge in [0.2, 0.25) is 0 Å². The second kappa shape index (κ2) is 6.50. The summed E-state index contributed by atoms with van der Waals surface area (Å²) in [6, 6.07) is 13.5. The van der Waals surface area contributed by atoms with Crippen LogP contribution in [0, 0.1) is 6.92 Å². The minimum Gasteiger partial charge on any atom is -0.362 e. The zero-order valence-corrected chi connectivity index (χ0v) is 14.2. The number of halogens is 1. The zero-order chi connectivity index (χ0) is 16.3. The molecular formula is C16H17ClN2O2S. The van der Waals surface area contributed by atoms with Crippen LogP contribution in [-0.4, -0.2) is 33.2 Å². The van der Waals surface area contributed by atoms with Crippen molar-refractivity contribution in [2.45, 2.75) is 11.8 Å². The molecule has 0 heterocycles. The molecule has 0 radical (unpaired) electrons. The average Bonchev–Trinajstić information content (AvgIpc) is 2.46. The van der Waals surface area contributed by atoms with Crippen LogP contribution in [-0.2, 0) is 10.0 Å². The van der Waals surface area contributed by atoms with E-state index in [9.17, 15) is 8.42 Å². The van der Waals surface area contributed by atoms with Crippen LogP contribution < -0.4 is 0 Å². The normalized spacial score (nSPS) is 12.3. The van der Waals surface area contributed by atoms with Gasteiger partial charge in [0, 0.05) is 24.7 Å². The van der Waals surface area contributed by atoms with Crippen LogP contribution in [0.4, 0.5) is 0 Å². The van der Waals surface area contributed by atoms with Crippen LogP contribution in [0.2, 0.25) is 5.02 Å². The van der Waals surface area contributed by atoms with Gasteiger partial charge < -0.3 is 4.90 Å². The Kier molecular flexibility index (Phi) is 4.88. The average molecular weight is 337 g/mol. The molecule has 0 aliphatic rings. The summed E-state index contributed by atoms with van der Waals surface area (Å²) in [5, 5.41) is 0.586. The SMILES string of the molecule is Cc1ccc(S(=O)(=O)/N=C(\c2ccc(Cl)cc2)N(C)C)cc1. The highest BCUT2D eigenvalue weighted by atomic mass is 35.5. The number of rotatable bonds is 3. The summed E-state index contributed by atoms with van der Waals surface area (Å²) < 4.78 is 28.9. The molecule has 0 aliphatic carbocycles. The first-order valence-electron chi connectivity index (χ1n) is 6.64. The van der Waals surface area contributed by atoms with Gasteiger partial charge >= 0.3 is 0 Å². The first-order valence-corrected chi connectivity index (χ1v) is 8.46. The molecule has 0 spiro atoms.